The number of morpholine rings is 1. The van der Waals surface area contributed by atoms with Gasteiger partial charge in [0.25, 0.3) is 11.8 Å². The lowest BCUT2D eigenvalue weighted by molar-refractivity contribution is 0.0302. The van der Waals surface area contributed by atoms with Crippen LogP contribution in [0.4, 0.5) is 5.69 Å². The Bertz CT molecular complexity index is 849. The molecule has 0 saturated carbocycles. The van der Waals surface area contributed by atoms with Crippen LogP contribution >= 0.6 is 23.2 Å². The maximum Gasteiger partial charge on any atom is 0.257 e. The van der Waals surface area contributed by atoms with Gasteiger partial charge >= 0.3 is 0 Å². The molecule has 3 rings (SSSR count). The van der Waals surface area contributed by atoms with E-state index in [0.717, 1.165) is 0 Å². The molecule has 0 aliphatic carbocycles. The highest BCUT2D eigenvalue weighted by Crippen LogP contribution is 2.25. The summed E-state index contributed by atoms with van der Waals surface area (Å²) in [6.45, 7) is 4.01. The first-order valence-electron chi connectivity index (χ1n) is 8.20. The minimum absolute atomic E-state index is 0.0670. The third kappa shape index (κ3) is 4.01. The zero-order chi connectivity index (χ0) is 18.7. The Kier molecular flexibility index (Phi) is 5.81. The van der Waals surface area contributed by atoms with E-state index in [1.54, 1.807) is 35.2 Å². The molecule has 26 heavy (non-hydrogen) atoms. The van der Waals surface area contributed by atoms with Gasteiger partial charge < -0.3 is 15.0 Å². The van der Waals surface area contributed by atoms with Gasteiger partial charge in [-0.3, -0.25) is 9.59 Å². The van der Waals surface area contributed by atoms with Crippen molar-refractivity contribution >= 4 is 40.7 Å². The summed E-state index contributed by atoms with van der Waals surface area (Å²) in [5, 5.41) is 3.55. The molecule has 0 bridgehead atoms. The van der Waals surface area contributed by atoms with E-state index in [1.165, 1.54) is 6.07 Å². The fourth-order valence-electron chi connectivity index (χ4n) is 2.80. The van der Waals surface area contributed by atoms with Crippen molar-refractivity contribution in [2.75, 3.05) is 31.6 Å². The van der Waals surface area contributed by atoms with E-state index in [4.69, 9.17) is 27.9 Å². The number of halogens is 2. The molecule has 0 atom stereocenters. The van der Waals surface area contributed by atoms with E-state index in [1.807, 2.05) is 6.92 Å². The Morgan fingerprint density at radius 2 is 1.81 bits per heavy atom. The minimum atomic E-state index is -0.378. The van der Waals surface area contributed by atoms with Gasteiger partial charge in [-0.15, -0.1) is 0 Å². The molecule has 0 radical (unpaired) electrons. The van der Waals surface area contributed by atoms with Crippen LogP contribution in [0.2, 0.25) is 10.0 Å². The van der Waals surface area contributed by atoms with Crippen LogP contribution in [0.5, 0.6) is 0 Å². The third-order valence-electron chi connectivity index (χ3n) is 4.28. The Labute approximate surface area is 161 Å². The minimum Gasteiger partial charge on any atom is -0.378 e. The van der Waals surface area contributed by atoms with Crippen LogP contribution in [0.25, 0.3) is 0 Å². The molecular formula is C19H18Cl2N2O3. The van der Waals surface area contributed by atoms with Gasteiger partial charge in [-0.1, -0.05) is 29.3 Å². The smallest absolute Gasteiger partial charge is 0.257 e. The number of carbonyl (C=O) groups excluding carboxylic acids is 2. The van der Waals surface area contributed by atoms with Gasteiger partial charge in [-0.2, -0.15) is 0 Å². The average molecular weight is 393 g/mol. The van der Waals surface area contributed by atoms with Crippen LogP contribution in [0.1, 0.15) is 26.3 Å². The second-order valence-corrected chi connectivity index (χ2v) is 6.80. The molecule has 1 aliphatic rings. The fraction of sp³-hybridized carbons (Fsp3) is 0.263. The van der Waals surface area contributed by atoms with E-state index < -0.39 is 0 Å². The van der Waals surface area contributed by atoms with Gasteiger partial charge in [0, 0.05) is 29.4 Å². The van der Waals surface area contributed by atoms with E-state index in [-0.39, 0.29) is 17.4 Å². The SMILES string of the molecule is Cc1c(NC(=O)c2cc(Cl)ccc2Cl)cccc1C(=O)N1CCOCC1. The normalized spacial score (nSPS) is 14.2. The molecule has 1 saturated heterocycles. The van der Waals surface area contributed by atoms with Gasteiger partial charge in [0.2, 0.25) is 0 Å². The molecule has 2 amide bonds. The van der Waals surface area contributed by atoms with Gasteiger partial charge in [0.15, 0.2) is 0 Å². The van der Waals surface area contributed by atoms with Crippen molar-refractivity contribution in [1.29, 1.82) is 0 Å². The topological polar surface area (TPSA) is 58.6 Å². The van der Waals surface area contributed by atoms with Crippen molar-refractivity contribution in [3.05, 3.63) is 63.1 Å². The molecule has 1 heterocycles. The number of anilines is 1. The number of rotatable bonds is 3. The molecule has 0 spiro atoms. The number of carbonyl (C=O) groups is 2. The molecule has 2 aromatic rings. The second-order valence-electron chi connectivity index (χ2n) is 5.96. The number of nitrogens with one attached hydrogen (secondary N) is 1. The first kappa shape index (κ1) is 18.7. The highest BCUT2D eigenvalue weighted by molar-refractivity contribution is 6.36. The molecule has 0 unspecified atom stereocenters. The third-order valence-corrected chi connectivity index (χ3v) is 4.85. The van der Waals surface area contributed by atoms with Crippen LogP contribution in [0.15, 0.2) is 36.4 Å². The molecule has 2 aromatic carbocycles. The van der Waals surface area contributed by atoms with E-state index >= 15 is 0 Å². The summed E-state index contributed by atoms with van der Waals surface area (Å²) in [5.41, 5.74) is 2.10. The Balaban J connectivity index is 1.84. The van der Waals surface area contributed by atoms with Crippen molar-refractivity contribution in [1.82, 2.24) is 4.90 Å². The number of amides is 2. The standard InChI is InChI=1S/C19H18Cl2N2O3/c1-12-14(19(25)23-7-9-26-10-8-23)3-2-4-17(12)22-18(24)15-11-13(20)5-6-16(15)21/h2-6,11H,7-10H2,1H3,(H,22,24). The van der Waals surface area contributed by atoms with Crippen LogP contribution < -0.4 is 5.32 Å². The number of hydrogen-bond donors (Lipinski definition) is 1. The summed E-state index contributed by atoms with van der Waals surface area (Å²) >= 11 is 12.0. The largest absolute Gasteiger partial charge is 0.378 e. The lowest BCUT2D eigenvalue weighted by atomic mass is 10.0. The lowest BCUT2D eigenvalue weighted by Gasteiger charge is -2.27. The summed E-state index contributed by atoms with van der Waals surface area (Å²) in [4.78, 5) is 27.1. The molecule has 5 nitrogen and oxygen atoms in total. The summed E-state index contributed by atoms with van der Waals surface area (Å²) in [6.07, 6.45) is 0. The van der Waals surface area contributed by atoms with E-state index in [9.17, 15) is 9.59 Å². The summed E-state index contributed by atoms with van der Waals surface area (Å²) in [7, 11) is 0. The Morgan fingerprint density at radius 1 is 1.08 bits per heavy atom. The predicted molar refractivity (Wildman–Crippen MR) is 102 cm³/mol. The average Bonchev–Trinajstić information content (AvgIpc) is 2.65. The van der Waals surface area contributed by atoms with Crippen LogP contribution in [0, 0.1) is 6.92 Å². The first-order valence-corrected chi connectivity index (χ1v) is 8.96. The maximum absolute atomic E-state index is 12.7. The molecule has 7 heteroatoms. The van der Waals surface area contributed by atoms with Gasteiger partial charge in [0.1, 0.15) is 0 Å². The zero-order valence-corrected chi connectivity index (χ0v) is 15.7. The Morgan fingerprint density at radius 3 is 2.54 bits per heavy atom. The number of ether oxygens (including phenoxy) is 1. The second kappa shape index (κ2) is 8.08. The van der Waals surface area contributed by atoms with Crippen molar-refractivity contribution in [2.24, 2.45) is 0 Å². The molecule has 136 valence electrons. The van der Waals surface area contributed by atoms with E-state index in [2.05, 4.69) is 5.32 Å². The van der Waals surface area contributed by atoms with Crippen molar-refractivity contribution in [3.63, 3.8) is 0 Å². The molecule has 1 aliphatic heterocycles. The first-order chi connectivity index (χ1) is 12.5. The Hall–Kier alpha value is -2.08. The number of hydrogen-bond acceptors (Lipinski definition) is 3. The van der Waals surface area contributed by atoms with Gasteiger partial charge in [-0.25, -0.2) is 0 Å². The molecule has 1 fully saturated rings. The quantitative estimate of drug-likeness (QED) is 0.857. The maximum atomic E-state index is 12.7. The van der Waals surface area contributed by atoms with E-state index in [0.29, 0.717) is 53.2 Å². The monoisotopic (exact) mass is 392 g/mol. The molecule has 0 aromatic heterocycles. The molecular weight excluding hydrogens is 375 g/mol. The van der Waals surface area contributed by atoms with Crippen LogP contribution in [0.3, 0.4) is 0 Å². The summed E-state index contributed by atoms with van der Waals surface area (Å²) in [6, 6.07) is 9.96. The summed E-state index contributed by atoms with van der Waals surface area (Å²) in [5.74, 6) is -0.445. The zero-order valence-electron chi connectivity index (χ0n) is 14.2. The van der Waals surface area contributed by atoms with Crippen LogP contribution in [-0.2, 0) is 4.74 Å². The number of nitrogens with zero attached hydrogens (tertiary/aromatic N) is 1. The summed E-state index contributed by atoms with van der Waals surface area (Å²) < 4.78 is 5.29. The van der Waals surface area contributed by atoms with Crippen molar-refractivity contribution in [2.45, 2.75) is 6.92 Å². The highest BCUT2D eigenvalue weighted by Gasteiger charge is 2.21. The number of benzene rings is 2. The molecule has 1 N–H and O–H groups in total. The van der Waals surface area contributed by atoms with Gasteiger partial charge in [0.05, 0.1) is 23.8 Å². The predicted octanol–water partition coefficient (Wildman–Crippen LogP) is 4.03. The van der Waals surface area contributed by atoms with Crippen LogP contribution in [-0.4, -0.2) is 43.0 Å². The van der Waals surface area contributed by atoms with Crippen molar-refractivity contribution in [3.8, 4) is 0 Å². The van der Waals surface area contributed by atoms with Crippen molar-refractivity contribution < 1.29 is 14.3 Å². The fourth-order valence-corrected chi connectivity index (χ4v) is 3.18. The van der Waals surface area contributed by atoms with Gasteiger partial charge in [-0.05, 0) is 42.8 Å². The highest BCUT2D eigenvalue weighted by atomic mass is 35.5. The lowest BCUT2D eigenvalue weighted by Crippen LogP contribution is -2.41.